The zero-order valence-corrected chi connectivity index (χ0v) is 17.0. The van der Waals surface area contributed by atoms with Crippen molar-refractivity contribution in [3.05, 3.63) is 65.7 Å². The van der Waals surface area contributed by atoms with Gasteiger partial charge in [-0.1, -0.05) is 6.07 Å². The van der Waals surface area contributed by atoms with Crippen LogP contribution in [0, 0.1) is 6.92 Å². The van der Waals surface area contributed by atoms with Crippen LogP contribution in [0.1, 0.15) is 17.0 Å². The van der Waals surface area contributed by atoms with Gasteiger partial charge in [-0.15, -0.1) is 0 Å². The van der Waals surface area contributed by atoms with E-state index < -0.39 is 0 Å². The van der Waals surface area contributed by atoms with Crippen molar-refractivity contribution in [1.29, 1.82) is 0 Å². The highest BCUT2D eigenvalue weighted by Crippen LogP contribution is 2.31. The SMILES string of the molecule is Cc1cccc(-c2n[nH]cc2-c2ccc3ncc(-c4[nH]nc5c4CNCC5)cc3n2)n1. The van der Waals surface area contributed by atoms with Gasteiger partial charge in [0.15, 0.2) is 0 Å². The first-order valence-corrected chi connectivity index (χ1v) is 10.3. The molecule has 1 aliphatic heterocycles. The van der Waals surface area contributed by atoms with E-state index in [1.165, 1.54) is 5.56 Å². The monoisotopic (exact) mass is 408 g/mol. The molecule has 0 unspecified atom stereocenters. The number of pyridine rings is 3. The average Bonchev–Trinajstić information content (AvgIpc) is 3.46. The minimum atomic E-state index is 0.786. The Bertz CT molecular complexity index is 1410. The minimum absolute atomic E-state index is 0.786. The fourth-order valence-corrected chi connectivity index (χ4v) is 4.11. The molecule has 31 heavy (non-hydrogen) atoms. The number of aromatic nitrogens is 7. The molecule has 5 aromatic heterocycles. The number of rotatable bonds is 3. The average molecular weight is 408 g/mol. The predicted molar refractivity (Wildman–Crippen MR) is 118 cm³/mol. The van der Waals surface area contributed by atoms with Crippen LogP contribution in [0.3, 0.4) is 0 Å². The van der Waals surface area contributed by atoms with Gasteiger partial charge in [-0.05, 0) is 37.3 Å². The predicted octanol–water partition coefficient (Wildman–Crippen LogP) is 3.43. The van der Waals surface area contributed by atoms with Crippen LogP contribution in [0.5, 0.6) is 0 Å². The van der Waals surface area contributed by atoms with Crippen molar-refractivity contribution in [2.45, 2.75) is 19.9 Å². The molecule has 8 nitrogen and oxygen atoms in total. The minimum Gasteiger partial charge on any atom is -0.312 e. The molecule has 0 radical (unpaired) electrons. The van der Waals surface area contributed by atoms with E-state index >= 15 is 0 Å². The van der Waals surface area contributed by atoms with E-state index in [2.05, 4.69) is 41.7 Å². The van der Waals surface area contributed by atoms with Crippen LogP contribution in [0.15, 0.2) is 48.8 Å². The molecule has 0 bridgehead atoms. The Hall–Kier alpha value is -3.91. The molecule has 8 heteroatoms. The molecule has 152 valence electrons. The lowest BCUT2D eigenvalue weighted by Crippen LogP contribution is -2.23. The zero-order valence-electron chi connectivity index (χ0n) is 17.0. The molecule has 6 rings (SSSR count). The first-order valence-electron chi connectivity index (χ1n) is 10.3. The number of aromatic amines is 2. The Morgan fingerprint density at radius 1 is 0.968 bits per heavy atom. The molecule has 0 aliphatic carbocycles. The molecular weight excluding hydrogens is 388 g/mol. The van der Waals surface area contributed by atoms with Gasteiger partial charge in [-0.25, -0.2) is 4.98 Å². The molecule has 0 atom stereocenters. The van der Waals surface area contributed by atoms with Gasteiger partial charge < -0.3 is 5.32 Å². The van der Waals surface area contributed by atoms with Crippen LogP contribution in [0.4, 0.5) is 0 Å². The van der Waals surface area contributed by atoms with Crippen LogP contribution in [0.2, 0.25) is 0 Å². The zero-order chi connectivity index (χ0) is 20.8. The summed E-state index contributed by atoms with van der Waals surface area (Å²) >= 11 is 0. The van der Waals surface area contributed by atoms with E-state index in [1.807, 2.05) is 49.6 Å². The van der Waals surface area contributed by atoms with E-state index in [-0.39, 0.29) is 0 Å². The second kappa shape index (κ2) is 7.10. The molecule has 0 amide bonds. The van der Waals surface area contributed by atoms with Crippen molar-refractivity contribution in [2.75, 3.05) is 6.54 Å². The summed E-state index contributed by atoms with van der Waals surface area (Å²) in [6, 6.07) is 12.0. The Balaban J connectivity index is 1.44. The summed E-state index contributed by atoms with van der Waals surface area (Å²) in [4.78, 5) is 14.2. The number of aryl methyl sites for hydroxylation is 1. The summed E-state index contributed by atoms with van der Waals surface area (Å²) in [7, 11) is 0. The summed E-state index contributed by atoms with van der Waals surface area (Å²) in [6.07, 6.45) is 4.68. The van der Waals surface area contributed by atoms with Crippen LogP contribution >= 0.6 is 0 Å². The lowest BCUT2D eigenvalue weighted by Gasteiger charge is -2.12. The Morgan fingerprint density at radius 3 is 2.87 bits per heavy atom. The molecule has 0 aromatic carbocycles. The first kappa shape index (κ1) is 17.9. The fourth-order valence-electron chi connectivity index (χ4n) is 4.11. The lowest BCUT2D eigenvalue weighted by atomic mass is 10.0. The summed E-state index contributed by atoms with van der Waals surface area (Å²) in [5, 5.41) is 18.5. The number of H-pyrrole nitrogens is 2. The number of hydrogen-bond acceptors (Lipinski definition) is 6. The Labute approximate surface area is 178 Å². The molecule has 0 spiro atoms. The number of fused-ring (bicyclic) bond motifs is 2. The largest absolute Gasteiger partial charge is 0.312 e. The molecule has 0 saturated carbocycles. The summed E-state index contributed by atoms with van der Waals surface area (Å²) in [5.74, 6) is 0. The highest BCUT2D eigenvalue weighted by molar-refractivity contribution is 5.85. The van der Waals surface area contributed by atoms with Gasteiger partial charge in [-0.2, -0.15) is 10.2 Å². The van der Waals surface area contributed by atoms with Gasteiger partial charge in [0.25, 0.3) is 0 Å². The molecule has 6 heterocycles. The van der Waals surface area contributed by atoms with Crippen LogP contribution in [-0.2, 0) is 13.0 Å². The summed E-state index contributed by atoms with van der Waals surface area (Å²) < 4.78 is 0. The normalized spacial score (nSPS) is 13.5. The summed E-state index contributed by atoms with van der Waals surface area (Å²) in [5.41, 5.74) is 10.3. The van der Waals surface area contributed by atoms with Crippen molar-refractivity contribution in [1.82, 2.24) is 40.7 Å². The highest BCUT2D eigenvalue weighted by Gasteiger charge is 2.19. The smallest absolute Gasteiger partial charge is 0.120 e. The van der Waals surface area contributed by atoms with Crippen molar-refractivity contribution >= 4 is 11.0 Å². The third-order valence-corrected chi connectivity index (χ3v) is 5.67. The maximum absolute atomic E-state index is 4.91. The van der Waals surface area contributed by atoms with E-state index in [4.69, 9.17) is 4.98 Å². The Kier molecular flexibility index (Phi) is 4.10. The van der Waals surface area contributed by atoms with E-state index in [0.29, 0.717) is 0 Å². The molecule has 5 aromatic rings. The molecule has 0 fully saturated rings. The van der Waals surface area contributed by atoms with Crippen LogP contribution in [-0.4, -0.2) is 41.9 Å². The third kappa shape index (κ3) is 3.08. The first-order chi connectivity index (χ1) is 15.3. The summed E-state index contributed by atoms with van der Waals surface area (Å²) in [6.45, 7) is 3.75. The number of nitrogens with zero attached hydrogens (tertiary/aromatic N) is 5. The van der Waals surface area contributed by atoms with E-state index in [0.717, 1.165) is 75.8 Å². The van der Waals surface area contributed by atoms with Crippen LogP contribution < -0.4 is 5.32 Å². The van der Waals surface area contributed by atoms with Gasteiger partial charge in [0.05, 0.1) is 33.8 Å². The van der Waals surface area contributed by atoms with Gasteiger partial charge in [0.2, 0.25) is 0 Å². The quantitative estimate of drug-likeness (QED) is 0.422. The Morgan fingerprint density at radius 2 is 1.94 bits per heavy atom. The third-order valence-electron chi connectivity index (χ3n) is 5.67. The van der Waals surface area contributed by atoms with Gasteiger partial charge >= 0.3 is 0 Å². The number of hydrogen-bond donors (Lipinski definition) is 3. The lowest BCUT2D eigenvalue weighted by molar-refractivity contribution is 0.637. The second-order valence-corrected chi connectivity index (χ2v) is 7.72. The van der Waals surface area contributed by atoms with E-state index in [1.54, 1.807) is 0 Å². The van der Waals surface area contributed by atoms with Crippen molar-refractivity contribution < 1.29 is 0 Å². The van der Waals surface area contributed by atoms with Crippen molar-refractivity contribution in [3.8, 4) is 33.9 Å². The van der Waals surface area contributed by atoms with E-state index in [9.17, 15) is 0 Å². The van der Waals surface area contributed by atoms with Crippen LogP contribution in [0.25, 0.3) is 44.9 Å². The van der Waals surface area contributed by atoms with Crippen molar-refractivity contribution in [2.24, 2.45) is 0 Å². The maximum atomic E-state index is 4.91. The fraction of sp³-hybridized carbons (Fsp3) is 0.174. The molecule has 3 N–H and O–H groups in total. The molecule has 1 aliphatic rings. The second-order valence-electron chi connectivity index (χ2n) is 7.72. The topological polar surface area (TPSA) is 108 Å². The highest BCUT2D eigenvalue weighted by atomic mass is 15.1. The van der Waals surface area contributed by atoms with Gasteiger partial charge in [0, 0.05) is 54.3 Å². The number of nitrogens with one attached hydrogen (secondary N) is 3. The molecular formula is C23H20N8. The van der Waals surface area contributed by atoms with Gasteiger partial charge in [-0.3, -0.25) is 20.2 Å². The van der Waals surface area contributed by atoms with Gasteiger partial charge in [0.1, 0.15) is 5.69 Å². The molecule has 0 saturated heterocycles. The maximum Gasteiger partial charge on any atom is 0.120 e. The standard InChI is InChI=1S/C23H20N8/c1-13-3-2-4-20(27-13)23-16(12-26-30-23)17-5-6-19-21(28-17)9-14(10-25-19)22-15-11-24-8-7-18(15)29-31-22/h2-6,9-10,12,24H,7-8,11H2,1H3,(H,26,30)(H,29,31). The van der Waals surface area contributed by atoms with Crippen molar-refractivity contribution in [3.63, 3.8) is 0 Å².